The van der Waals surface area contributed by atoms with Gasteiger partial charge in [-0.05, 0) is 31.2 Å². The molecule has 2 aromatic carbocycles. The van der Waals surface area contributed by atoms with Gasteiger partial charge in [0.1, 0.15) is 0 Å². The lowest BCUT2D eigenvalue weighted by Crippen LogP contribution is -2.03. The molecule has 0 amide bonds. The number of benzene rings is 2. The molecule has 8 nitrogen and oxygen atoms in total. The monoisotopic (exact) mass is 345 g/mol. The molecule has 0 saturated heterocycles. The minimum Gasteiger partial charge on any atom is -0.493 e. The molecule has 0 fully saturated rings. The van der Waals surface area contributed by atoms with Gasteiger partial charge in [0.2, 0.25) is 5.75 Å². The maximum atomic E-state index is 10.7. The van der Waals surface area contributed by atoms with Crippen molar-refractivity contribution >= 4 is 17.1 Å². The third kappa shape index (κ3) is 4.17. The first kappa shape index (κ1) is 18.1. The van der Waals surface area contributed by atoms with Crippen LogP contribution in [0.2, 0.25) is 0 Å². The van der Waals surface area contributed by atoms with Gasteiger partial charge < -0.3 is 14.2 Å². The molecule has 0 heterocycles. The Morgan fingerprint density at radius 2 is 1.60 bits per heavy atom. The van der Waals surface area contributed by atoms with Crippen molar-refractivity contribution in [3.63, 3.8) is 0 Å². The van der Waals surface area contributed by atoms with Crippen LogP contribution in [0.4, 0.5) is 11.4 Å². The fourth-order valence-electron chi connectivity index (χ4n) is 2.16. The summed E-state index contributed by atoms with van der Waals surface area (Å²) in [6, 6.07) is 9.57. The Kier molecular flexibility index (Phi) is 5.78. The molecule has 2 aromatic rings. The molecular formula is C17H19N3O5. The van der Waals surface area contributed by atoms with Crippen LogP contribution < -0.4 is 19.6 Å². The lowest BCUT2D eigenvalue weighted by molar-refractivity contribution is -0.384. The number of nitro benzene ring substituents is 1. The Hall–Kier alpha value is -3.29. The molecule has 25 heavy (non-hydrogen) atoms. The predicted molar refractivity (Wildman–Crippen MR) is 95.0 cm³/mol. The van der Waals surface area contributed by atoms with Crippen molar-refractivity contribution in [2.24, 2.45) is 5.10 Å². The van der Waals surface area contributed by atoms with E-state index in [4.69, 9.17) is 14.2 Å². The first-order chi connectivity index (χ1) is 12.0. The molecule has 0 aliphatic rings. The van der Waals surface area contributed by atoms with E-state index >= 15 is 0 Å². The molecule has 0 atom stereocenters. The van der Waals surface area contributed by atoms with Crippen molar-refractivity contribution in [1.29, 1.82) is 0 Å². The second-order valence-corrected chi connectivity index (χ2v) is 5.03. The second kappa shape index (κ2) is 8.00. The van der Waals surface area contributed by atoms with Crippen LogP contribution in [0.15, 0.2) is 41.5 Å². The summed E-state index contributed by atoms with van der Waals surface area (Å²) >= 11 is 0. The van der Waals surface area contributed by atoms with Gasteiger partial charge in [-0.1, -0.05) is 0 Å². The summed E-state index contributed by atoms with van der Waals surface area (Å²) in [6.07, 6.45) is 0. The van der Waals surface area contributed by atoms with E-state index in [1.165, 1.54) is 19.2 Å². The lowest BCUT2D eigenvalue weighted by Gasteiger charge is -2.14. The quantitative estimate of drug-likeness (QED) is 0.469. The summed E-state index contributed by atoms with van der Waals surface area (Å²) in [5, 5.41) is 15.0. The van der Waals surface area contributed by atoms with Crippen LogP contribution in [0.3, 0.4) is 0 Å². The second-order valence-electron chi connectivity index (χ2n) is 5.03. The van der Waals surface area contributed by atoms with E-state index in [9.17, 15) is 10.1 Å². The molecule has 132 valence electrons. The zero-order chi connectivity index (χ0) is 18.4. The van der Waals surface area contributed by atoms with Gasteiger partial charge in [0, 0.05) is 17.7 Å². The lowest BCUT2D eigenvalue weighted by atomic mass is 10.1. The van der Waals surface area contributed by atoms with Gasteiger partial charge in [-0.2, -0.15) is 5.10 Å². The molecule has 0 aliphatic carbocycles. The van der Waals surface area contributed by atoms with Crippen LogP contribution in [0, 0.1) is 10.1 Å². The Balaban J connectivity index is 2.25. The Morgan fingerprint density at radius 3 is 2.04 bits per heavy atom. The molecule has 0 aromatic heterocycles. The van der Waals surface area contributed by atoms with E-state index in [1.807, 2.05) is 6.92 Å². The van der Waals surface area contributed by atoms with Crippen LogP contribution in [0.1, 0.15) is 12.5 Å². The van der Waals surface area contributed by atoms with Crippen LogP contribution >= 0.6 is 0 Å². The number of nitrogens with zero attached hydrogens (tertiary/aromatic N) is 2. The highest BCUT2D eigenvalue weighted by Crippen LogP contribution is 2.38. The van der Waals surface area contributed by atoms with Crippen molar-refractivity contribution in [2.45, 2.75) is 6.92 Å². The maximum Gasteiger partial charge on any atom is 0.269 e. The molecule has 2 rings (SSSR count). The van der Waals surface area contributed by atoms with Gasteiger partial charge in [-0.15, -0.1) is 0 Å². The fraction of sp³-hybridized carbons (Fsp3) is 0.235. The average molecular weight is 345 g/mol. The highest BCUT2D eigenvalue weighted by atomic mass is 16.6. The molecule has 0 spiro atoms. The van der Waals surface area contributed by atoms with Crippen molar-refractivity contribution in [2.75, 3.05) is 26.8 Å². The standard InChI is InChI=1S/C17H19N3O5/c1-11(18-19-13-5-7-14(8-6-13)20(21)22)12-9-15(23-2)17(25-4)16(10-12)24-3/h5-10,19H,1-4H3/b18-11-. The molecule has 1 N–H and O–H groups in total. The first-order valence-corrected chi connectivity index (χ1v) is 7.35. The van der Waals surface area contributed by atoms with Crippen LogP contribution in [-0.4, -0.2) is 32.0 Å². The Morgan fingerprint density at radius 1 is 1.04 bits per heavy atom. The number of hydrogen-bond donors (Lipinski definition) is 1. The van der Waals surface area contributed by atoms with Crippen LogP contribution in [0.5, 0.6) is 17.2 Å². The summed E-state index contributed by atoms with van der Waals surface area (Å²) in [4.78, 5) is 10.2. The summed E-state index contributed by atoms with van der Waals surface area (Å²) in [5.41, 5.74) is 4.99. The summed E-state index contributed by atoms with van der Waals surface area (Å²) < 4.78 is 15.9. The summed E-state index contributed by atoms with van der Waals surface area (Å²) in [5.74, 6) is 1.56. The third-order valence-electron chi connectivity index (χ3n) is 3.51. The summed E-state index contributed by atoms with van der Waals surface area (Å²) in [6.45, 7) is 1.82. The first-order valence-electron chi connectivity index (χ1n) is 7.35. The normalized spacial score (nSPS) is 11.0. The number of ether oxygens (including phenoxy) is 3. The van der Waals surface area contributed by atoms with Crippen molar-refractivity contribution in [1.82, 2.24) is 0 Å². The topological polar surface area (TPSA) is 95.2 Å². The zero-order valence-electron chi connectivity index (χ0n) is 14.4. The Labute approximate surface area is 145 Å². The SMILES string of the molecule is COc1cc(/C(C)=N\Nc2ccc([N+](=O)[O-])cc2)cc(OC)c1OC. The minimum atomic E-state index is -0.450. The van der Waals surface area contributed by atoms with E-state index < -0.39 is 4.92 Å². The molecule has 0 saturated carbocycles. The van der Waals surface area contributed by atoms with Gasteiger partial charge in [0.05, 0.1) is 37.7 Å². The number of rotatable bonds is 7. The van der Waals surface area contributed by atoms with E-state index in [1.54, 1.807) is 38.5 Å². The number of nitrogens with one attached hydrogen (secondary N) is 1. The molecular weight excluding hydrogens is 326 g/mol. The summed E-state index contributed by atoms with van der Waals surface area (Å²) in [7, 11) is 4.63. The molecule has 0 unspecified atom stereocenters. The molecule has 0 bridgehead atoms. The van der Waals surface area contributed by atoms with Gasteiger partial charge in [-0.25, -0.2) is 0 Å². The molecule has 0 aliphatic heterocycles. The largest absolute Gasteiger partial charge is 0.493 e. The minimum absolute atomic E-state index is 0.0240. The average Bonchev–Trinajstić information content (AvgIpc) is 2.64. The van der Waals surface area contributed by atoms with Gasteiger partial charge in [0.15, 0.2) is 11.5 Å². The predicted octanol–water partition coefficient (Wildman–Crippen LogP) is 3.46. The van der Waals surface area contributed by atoms with Gasteiger partial charge >= 0.3 is 0 Å². The number of hydrogen-bond acceptors (Lipinski definition) is 7. The van der Waals surface area contributed by atoms with E-state index in [0.29, 0.717) is 28.6 Å². The number of nitro groups is 1. The highest BCUT2D eigenvalue weighted by molar-refractivity contribution is 6.00. The van der Waals surface area contributed by atoms with Crippen LogP contribution in [0.25, 0.3) is 0 Å². The Bertz CT molecular complexity index is 762. The van der Waals surface area contributed by atoms with Crippen molar-refractivity contribution in [3.05, 3.63) is 52.1 Å². The zero-order valence-corrected chi connectivity index (χ0v) is 14.4. The van der Waals surface area contributed by atoms with E-state index in [2.05, 4.69) is 10.5 Å². The van der Waals surface area contributed by atoms with Crippen LogP contribution in [-0.2, 0) is 0 Å². The number of non-ortho nitro benzene ring substituents is 1. The van der Waals surface area contributed by atoms with E-state index in [0.717, 1.165) is 5.56 Å². The fourth-order valence-corrected chi connectivity index (χ4v) is 2.16. The molecule has 0 radical (unpaired) electrons. The number of methoxy groups -OCH3 is 3. The third-order valence-corrected chi connectivity index (χ3v) is 3.51. The molecule has 8 heteroatoms. The van der Waals surface area contributed by atoms with E-state index in [-0.39, 0.29) is 5.69 Å². The number of anilines is 1. The van der Waals surface area contributed by atoms with Gasteiger partial charge in [0.25, 0.3) is 5.69 Å². The van der Waals surface area contributed by atoms with Crippen molar-refractivity contribution in [3.8, 4) is 17.2 Å². The smallest absolute Gasteiger partial charge is 0.269 e. The van der Waals surface area contributed by atoms with Gasteiger partial charge in [-0.3, -0.25) is 15.5 Å². The maximum absolute atomic E-state index is 10.7. The van der Waals surface area contributed by atoms with Crippen molar-refractivity contribution < 1.29 is 19.1 Å². The number of hydrazone groups is 1. The highest BCUT2D eigenvalue weighted by Gasteiger charge is 2.14.